The quantitative estimate of drug-likeness (QED) is 0.532. The van der Waals surface area contributed by atoms with Crippen molar-refractivity contribution in [2.75, 3.05) is 0 Å². The molecule has 8 heteroatoms. The van der Waals surface area contributed by atoms with Crippen molar-refractivity contribution in [2.45, 2.75) is 0 Å². The normalized spacial score (nSPS) is 10.7. The maximum atomic E-state index is 11.6. The van der Waals surface area contributed by atoms with Crippen molar-refractivity contribution in [1.29, 1.82) is 0 Å². The van der Waals surface area contributed by atoms with Crippen molar-refractivity contribution < 1.29 is 14.1 Å². The third-order valence-corrected chi connectivity index (χ3v) is 2.50. The number of hydrogen-bond donors (Lipinski definition) is 1. The van der Waals surface area contributed by atoms with Crippen molar-refractivity contribution in [3.05, 3.63) is 62.9 Å². The number of hydrogen-bond acceptors (Lipinski definition) is 5. The van der Waals surface area contributed by atoms with Crippen LogP contribution in [0.15, 0.2) is 45.9 Å². The second-order valence-corrected chi connectivity index (χ2v) is 4.08. The van der Waals surface area contributed by atoms with E-state index in [1.54, 1.807) is 24.3 Å². The standard InChI is InChI=1S/C12H8ClN3O4/c13-9-3-1-8(2-4-9)7-14-15-12(17)10-5-6-11(20-10)16(18)19/h1-7H,(H,15,17)/b14-7+. The van der Waals surface area contributed by atoms with Crippen molar-refractivity contribution in [3.8, 4) is 0 Å². The second-order valence-electron chi connectivity index (χ2n) is 3.65. The summed E-state index contributed by atoms with van der Waals surface area (Å²) in [5.74, 6) is -1.37. The maximum absolute atomic E-state index is 11.6. The molecule has 7 nitrogen and oxygen atoms in total. The molecule has 0 aliphatic rings. The van der Waals surface area contributed by atoms with Gasteiger partial charge in [0.2, 0.25) is 5.76 Å². The number of halogens is 1. The van der Waals surface area contributed by atoms with Crippen molar-refractivity contribution >= 4 is 29.6 Å². The van der Waals surface area contributed by atoms with Crippen LogP contribution < -0.4 is 5.43 Å². The van der Waals surface area contributed by atoms with Crippen LogP contribution in [0, 0.1) is 10.1 Å². The molecule has 0 aliphatic heterocycles. The summed E-state index contributed by atoms with van der Waals surface area (Å²) in [4.78, 5) is 21.2. The highest BCUT2D eigenvalue weighted by Crippen LogP contribution is 2.15. The van der Waals surface area contributed by atoms with E-state index in [0.29, 0.717) is 5.02 Å². The van der Waals surface area contributed by atoms with E-state index in [1.807, 2.05) is 0 Å². The average molecular weight is 294 g/mol. The summed E-state index contributed by atoms with van der Waals surface area (Å²) in [7, 11) is 0. The number of furan rings is 1. The molecule has 1 aromatic carbocycles. The molecule has 0 radical (unpaired) electrons. The smallest absolute Gasteiger partial charge is 0.395 e. The minimum atomic E-state index is -0.728. The van der Waals surface area contributed by atoms with E-state index in [-0.39, 0.29) is 5.76 Å². The molecule has 2 rings (SSSR count). The zero-order valence-corrected chi connectivity index (χ0v) is 10.7. The lowest BCUT2D eigenvalue weighted by molar-refractivity contribution is -0.402. The first-order valence-corrected chi connectivity index (χ1v) is 5.77. The number of carbonyl (C=O) groups is 1. The summed E-state index contributed by atoms with van der Waals surface area (Å²) >= 11 is 5.72. The summed E-state index contributed by atoms with van der Waals surface area (Å²) in [6.45, 7) is 0. The lowest BCUT2D eigenvalue weighted by atomic mass is 10.2. The van der Waals surface area contributed by atoms with Crippen LogP contribution >= 0.6 is 11.6 Å². The number of carbonyl (C=O) groups excluding carboxylic acids is 1. The topological polar surface area (TPSA) is 97.7 Å². The van der Waals surface area contributed by atoms with Crippen LogP contribution in [-0.2, 0) is 0 Å². The van der Waals surface area contributed by atoms with E-state index in [1.165, 1.54) is 12.3 Å². The van der Waals surface area contributed by atoms with Gasteiger partial charge in [-0.3, -0.25) is 14.9 Å². The van der Waals surface area contributed by atoms with Gasteiger partial charge in [0, 0.05) is 5.02 Å². The molecule has 0 aliphatic carbocycles. The lowest BCUT2D eigenvalue weighted by Gasteiger charge is -1.95. The van der Waals surface area contributed by atoms with Crippen LogP contribution in [0.25, 0.3) is 0 Å². The summed E-state index contributed by atoms with van der Waals surface area (Å²) in [6, 6.07) is 9.09. The number of nitrogens with zero attached hydrogens (tertiary/aromatic N) is 2. The van der Waals surface area contributed by atoms with E-state index in [4.69, 9.17) is 16.0 Å². The molecule has 1 heterocycles. The van der Waals surface area contributed by atoms with Gasteiger partial charge in [0.05, 0.1) is 12.3 Å². The third-order valence-electron chi connectivity index (χ3n) is 2.25. The van der Waals surface area contributed by atoms with Crippen LogP contribution in [0.1, 0.15) is 16.1 Å². The second kappa shape index (κ2) is 5.98. The van der Waals surface area contributed by atoms with Gasteiger partial charge in [-0.15, -0.1) is 0 Å². The molecule has 1 amide bonds. The van der Waals surface area contributed by atoms with Gasteiger partial charge in [0.25, 0.3) is 0 Å². The molecule has 0 saturated heterocycles. The number of hydrazone groups is 1. The van der Waals surface area contributed by atoms with Gasteiger partial charge in [-0.1, -0.05) is 23.7 Å². The predicted molar refractivity (Wildman–Crippen MR) is 71.9 cm³/mol. The van der Waals surface area contributed by atoms with Gasteiger partial charge in [-0.25, -0.2) is 5.43 Å². The summed E-state index contributed by atoms with van der Waals surface area (Å²) in [6.07, 6.45) is 1.41. The third kappa shape index (κ3) is 3.42. The predicted octanol–water partition coefficient (Wildman–Crippen LogP) is 2.61. The molecule has 0 saturated carbocycles. The highest BCUT2D eigenvalue weighted by molar-refractivity contribution is 6.30. The highest BCUT2D eigenvalue weighted by Gasteiger charge is 2.16. The molecular formula is C12H8ClN3O4. The van der Waals surface area contributed by atoms with Crippen molar-refractivity contribution in [3.63, 3.8) is 0 Å². The van der Waals surface area contributed by atoms with Crippen LogP contribution in [0.4, 0.5) is 5.88 Å². The number of rotatable bonds is 4. The van der Waals surface area contributed by atoms with Gasteiger partial charge in [-0.05, 0) is 23.8 Å². The van der Waals surface area contributed by atoms with E-state index >= 15 is 0 Å². The van der Waals surface area contributed by atoms with Crippen LogP contribution in [0.2, 0.25) is 5.02 Å². The number of nitrogens with one attached hydrogen (secondary N) is 1. The van der Waals surface area contributed by atoms with Gasteiger partial charge in [0.1, 0.15) is 4.92 Å². The molecule has 20 heavy (non-hydrogen) atoms. The van der Waals surface area contributed by atoms with Crippen molar-refractivity contribution in [1.82, 2.24) is 5.43 Å². The van der Waals surface area contributed by atoms with Gasteiger partial charge >= 0.3 is 11.8 Å². The van der Waals surface area contributed by atoms with E-state index < -0.39 is 16.7 Å². The number of nitro groups is 1. The molecular weight excluding hydrogens is 286 g/mol. The fraction of sp³-hybridized carbons (Fsp3) is 0. The van der Waals surface area contributed by atoms with E-state index in [0.717, 1.165) is 11.6 Å². The number of amides is 1. The van der Waals surface area contributed by atoms with Crippen LogP contribution in [-0.4, -0.2) is 17.0 Å². The Morgan fingerprint density at radius 1 is 1.30 bits per heavy atom. The fourth-order valence-corrected chi connectivity index (χ4v) is 1.44. The SMILES string of the molecule is O=C(N/N=C/c1ccc(Cl)cc1)c1ccc([N+](=O)[O-])o1. The summed E-state index contributed by atoms with van der Waals surface area (Å²) in [5.41, 5.74) is 2.93. The first kappa shape index (κ1) is 13.8. The molecule has 102 valence electrons. The molecule has 0 unspecified atom stereocenters. The van der Waals surface area contributed by atoms with Crippen molar-refractivity contribution in [2.24, 2.45) is 5.10 Å². The summed E-state index contributed by atoms with van der Waals surface area (Å²) in [5, 5.41) is 14.7. The first-order valence-electron chi connectivity index (χ1n) is 5.39. The molecule has 1 aromatic heterocycles. The maximum Gasteiger partial charge on any atom is 0.433 e. The van der Waals surface area contributed by atoms with Crippen LogP contribution in [0.5, 0.6) is 0 Å². The molecule has 0 atom stereocenters. The highest BCUT2D eigenvalue weighted by atomic mass is 35.5. The molecule has 0 fully saturated rings. The molecule has 0 spiro atoms. The lowest BCUT2D eigenvalue weighted by Crippen LogP contribution is -2.16. The van der Waals surface area contributed by atoms with E-state index in [9.17, 15) is 14.9 Å². The Hall–Kier alpha value is -2.67. The molecule has 1 N–H and O–H groups in total. The zero-order valence-electron chi connectivity index (χ0n) is 9.95. The Balaban J connectivity index is 1.97. The Bertz CT molecular complexity index is 664. The monoisotopic (exact) mass is 293 g/mol. The average Bonchev–Trinajstić information content (AvgIpc) is 2.91. The number of benzene rings is 1. The van der Waals surface area contributed by atoms with Gasteiger partial charge in [0.15, 0.2) is 0 Å². The molecule has 0 bridgehead atoms. The van der Waals surface area contributed by atoms with Gasteiger partial charge in [-0.2, -0.15) is 5.10 Å². The fourth-order valence-electron chi connectivity index (χ4n) is 1.32. The minimum Gasteiger partial charge on any atom is -0.395 e. The summed E-state index contributed by atoms with van der Waals surface area (Å²) < 4.78 is 4.72. The Morgan fingerprint density at radius 3 is 2.60 bits per heavy atom. The first-order chi connectivity index (χ1) is 9.56. The Morgan fingerprint density at radius 2 is 2.00 bits per heavy atom. The Kier molecular flexibility index (Phi) is 4.11. The zero-order chi connectivity index (χ0) is 14.5. The minimum absolute atomic E-state index is 0.190. The van der Waals surface area contributed by atoms with Gasteiger partial charge < -0.3 is 4.42 Å². The molecule has 2 aromatic rings. The van der Waals surface area contributed by atoms with E-state index in [2.05, 4.69) is 10.5 Å². The van der Waals surface area contributed by atoms with Crippen LogP contribution in [0.3, 0.4) is 0 Å². The largest absolute Gasteiger partial charge is 0.433 e. The Labute approximate surface area is 118 Å².